The number of hydrogen-bond donors (Lipinski definition) is 0. The van der Waals surface area contributed by atoms with Crippen LogP contribution in [0.2, 0.25) is 0 Å². The molecule has 1 fully saturated rings. The standard InChI is InChI=1S/C19H23N5OS/c1-12-7-6-8-13(2)24(12)16(25)11-26-19-20-18-17(21-22-19)14-9-4-5-10-15(14)23(18)3/h4-5,9-10,12-13H,6-8,11H2,1-3H3. The van der Waals surface area contributed by atoms with Crippen molar-refractivity contribution in [2.24, 2.45) is 7.05 Å². The molecule has 3 aromatic rings. The van der Waals surface area contributed by atoms with E-state index in [-0.39, 0.29) is 5.91 Å². The lowest BCUT2D eigenvalue weighted by Crippen LogP contribution is -2.48. The molecular weight excluding hydrogens is 346 g/mol. The maximum Gasteiger partial charge on any atom is 0.233 e. The van der Waals surface area contributed by atoms with E-state index in [1.165, 1.54) is 18.2 Å². The maximum absolute atomic E-state index is 12.7. The summed E-state index contributed by atoms with van der Waals surface area (Å²) in [6, 6.07) is 8.70. The Kier molecular flexibility index (Phi) is 4.56. The number of fused-ring (bicyclic) bond motifs is 3. The molecule has 0 aliphatic carbocycles. The van der Waals surface area contributed by atoms with Gasteiger partial charge in [-0.15, -0.1) is 10.2 Å². The Balaban J connectivity index is 1.55. The van der Waals surface area contributed by atoms with Gasteiger partial charge in [0.1, 0.15) is 5.52 Å². The Hall–Kier alpha value is -2.15. The van der Waals surface area contributed by atoms with Crippen LogP contribution in [0.1, 0.15) is 33.1 Å². The van der Waals surface area contributed by atoms with Crippen LogP contribution in [-0.4, -0.2) is 48.4 Å². The molecule has 1 aliphatic rings. The van der Waals surface area contributed by atoms with E-state index in [0.29, 0.717) is 23.0 Å². The van der Waals surface area contributed by atoms with Gasteiger partial charge in [-0.3, -0.25) is 4.79 Å². The van der Waals surface area contributed by atoms with E-state index >= 15 is 0 Å². The average Bonchev–Trinajstić information content (AvgIpc) is 2.92. The van der Waals surface area contributed by atoms with Gasteiger partial charge in [0.25, 0.3) is 0 Å². The summed E-state index contributed by atoms with van der Waals surface area (Å²) >= 11 is 1.37. The zero-order valence-corrected chi connectivity index (χ0v) is 16.2. The second kappa shape index (κ2) is 6.87. The fourth-order valence-corrected chi connectivity index (χ4v) is 4.62. The fraction of sp³-hybridized carbons (Fsp3) is 0.474. The first-order valence-corrected chi connectivity index (χ1v) is 10.1. The predicted octanol–water partition coefficient (Wildman–Crippen LogP) is 3.40. The van der Waals surface area contributed by atoms with E-state index in [1.54, 1.807) is 0 Å². The summed E-state index contributed by atoms with van der Waals surface area (Å²) in [5.74, 6) is 0.515. The second-order valence-electron chi connectivity index (χ2n) is 7.06. The van der Waals surface area contributed by atoms with Gasteiger partial charge in [0, 0.05) is 24.5 Å². The lowest BCUT2D eigenvalue weighted by atomic mass is 9.98. The van der Waals surface area contributed by atoms with E-state index in [1.807, 2.05) is 40.8 Å². The summed E-state index contributed by atoms with van der Waals surface area (Å²) in [4.78, 5) is 19.4. The van der Waals surface area contributed by atoms with Gasteiger partial charge >= 0.3 is 0 Å². The highest BCUT2D eigenvalue weighted by molar-refractivity contribution is 7.99. The molecule has 0 bridgehead atoms. The molecule has 0 N–H and O–H groups in total. The molecule has 1 amide bonds. The molecule has 0 saturated carbocycles. The van der Waals surface area contributed by atoms with Crippen molar-refractivity contribution in [3.63, 3.8) is 0 Å². The molecule has 2 atom stereocenters. The van der Waals surface area contributed by atoms with Crippen molar-refractivity contribution in [1.82, 2.24) is 24.6 Å². The monoisotopic (exact) mass is 369 g/mol. The first-order chi connectivity index (χ1) is 12.6. The Labute approximate surface area is 157 Å². The van der Waals surface area contributed by atoms with E-state index < -0.39 is 0 Å². The normalized spacial score (nSPS) is 20.8. The minimum Gasteiger partial charge on any atom is -0.337 e. The molecular formula is C19H23N5OS. The molecule has 1 saturated heterocycles. The number of amides is 1. The predicted molar refractivity (Wildman–Crippen MR) is 104 cm³/mol. The number of rotatable bonds is 3. The van der Waals surface area contributed by atoms with Crippen LogP contribution in [0.5, 0.6) is 0 Å². The quantitative estimate of drug-likeness (QED) is 0.662. The van der Waals surface area contributed by atoms with Crippen molar-refractivity contribution >= 4 is 39.7 Å². The molecule has 6 nitrogen and oxygen atoms in total. The number of likely N-dealkylation sites (tertiary alicyclic amines) is 1. The van der Waals surface area contributed by atoms with Crippen LogP contribution in [-0.2, 0) is 11.8 Å². The fourth-order valence-electron chi connectivity index (χ4n) is 3.97. The highest BCUT2D eigenvalue weighted by atomic mass is 32.2. The first kappa shape index (κ1) is 17.3. The Morgan fingerprint density at radius 2 is 1.92 bits per heavy atom. The molecule has 136 valence electrons. The zero-order valence-electron chi connectivity index (χ0n) is 15.3. The van der Waals surface area contributed by atoms with Gasteiger partial charge in [0.15, 0.2) is 5.65 Å². The number of para-hydroxylation sites is 1. The van der Waals surface area contributed by atoms with Gasteiger partial charge < -0.3 is 9.47 Å². The largest absolute Gasteiger partial charge is 0.337 e. The van der Waals surface area contributed by atoms with Gasteiger partial charge in [0.2, 0.25) is 11.1 Å². The van der Waals surface area contributed by atoms with Crippen molar-refractivity contribution in [2.45, 2.75) is 50.4 Å². The third-order valence-electron chi connectivity index (χ3n) is 5.29. The topological polar surface area (TPSA) is 63.9 Å². The number of aryl methyl sites for hydroxylation is 1. The van der Waals surface area contributed by atoms with Gasteiger partial charge in [-0.1, -0.05) is 30.0 Å². The molecule has 3 heterocycles. The highest BCUT2D eigenvalue weighted by Gasteiger charge is 2.28. The summed E-state index contributed by atoms with van der Waals surface area (Å²) in [5, 5.41) is 10.2. The van der Waals surface area contributed by atoms with Crippen LogP contribution >= 0.6 is 11.8 Å². The molecule has 0 radical (unpaired) electrons. The van der Waals surface area contributed by atoms with Crippen LogP contribution in [0.3, 0.4) is 0 Å². The summed E-state index contributed by atoms with van der Waals surface area (Å²) in [6.07, 6.45) is 3.37. The summed E-state index contributed by atoms with van der Waals surface area (Å²) < 4.78 is 2.03. The van der Waals surface area contributed by atoms with Crippen molar-refractivity contribution in [1.29, 1.82) is 0 Å². The maximum atomic E-state index is 12.7. The lowest BCUT2D eigenvalue weighted by Gasteiger charge is -2.39. The minimum atomic E-state index is 0.162. The van der Waals surface area contributed by atoms with Crippen molar-refractivity contribution in [3.05, 3.63) is 24.3 Å². The SMILES string of the molecule is CC1CCCC(C)N1C(=O)CSc1nnc2c3ccccc3n(C)c2n1. The number of carbonyl (C=O) groups is 1. The Morgan fingerprint density at radius 1 is 1.19 bits per heavy atom. The number of carbonyl (C=O) groups excluding carboxylic acids is 1. The Bertz CT molecular complexity index is 959. The minimum absolute atomic E-state index is 0.162. The molecule has 2 aromatic heterocycles. The number of thioether (sulfide) groups is 1. The van der Waals surface area contributed by atoms with Crippen LogP contribution in [0.25, 0.3) is 22.1 Å². The van der Waals surface area contributed by atoms with Crippen molar-refractivity contribution in [2.75, 3.05) is 5.75 Å². The third kappa shape index (κ3) is 2.94. The van der Waals surface area contributed by atoms with Crippen LogP contribution in [0, 0.1) is 0 Å². The molecule has 2 unspecified atom stereocenters. The van der Waals surface area contributed by atoms with E-state index in [9.17, 15) is 4.79 Å². The van der Waals surface area contributed by atoms with Gasteiger partial charge in [-0.05, 0) is 39.2 Å². The number of aromatic nitrogens is 4. The summed E-state index contributed by atoms with van der Waals surface area (Å²) in [5.41, 5.74) is 2.69. The summed E-state index contributed by atoms with van der Waals surface area (Å²) in [7, 11) is 1.98. The van der Waals surface area contributed by atoms with Crippen LogP contribution in [0.4, 0.5) is 0 Å². The van der Waals surface area contributed by atoms with Crippen molar-refractivity contribution < 1.29 is 4.79 Å². The van der Waals surface area contributed by atoms with E-state index in [0.717, 1.165) is 34.9 Å². The van der Waals surface area contributed by atoms with Gasteiger partial charge in [0.05, 0.1) is 11.3 Å². The third-order valence-corrected chi connectivity index (χ3v) is 6.12. The summed E-state index contributed by atoms with van der Waals surface area (Å²) in [6.45, 7) is 4.27. The number of hydrogen-bond acceptors (Lipinski definition) is 5. The van der Waals surface area contributed by atoms with E-state index in [4.69, 9.17) is 0 Å². The smallest absolute Gasteiger partial charge is 0.233 e. The number of piperidine rings is 1. The highest BCUT2D eigenvalue weighted by Crippen LogP contribution is 2.27. The van der Waals surface area contributed by atoms with Crippen molar-refractivity contribution in [3.8, 4) is 0 Å². The van der Waals surface area contributed by atoms with Crippen LogP contribution < -0.4 is 0 Å². The molecule has 0 spiro atoms. The zero-order chi connectivity index (χ0) is 18.3. The number of nitrogens with zero attached hydrogens (tertiary/aromatic N) is 5. The molecule has 26 heavy (non-hydrogen) atoms. The second-order valence-corrected chi connectivity index (χ2v) is 8.00. The molecule has 7 heteroatoms. The van der Waals surface area contributed by atoms with E-state index in [2.05, 4.69) is 29.0 Å². The average molecular weight is 369 g/mol. The molecule has 1 aromatic carbocycles. The van der Waals surface area contributed by atoms with Gasteiger partial charge in [-0.25, -0.2) is 4.98 Å². The van der Waals surface area contributed by atoms with Crippen LogP contribution in [0.15, 0.2) is 29.4 Å². The molecule has 1 aliphatic heterocycles. The lowest BCUT2D eigenvalue weighted by molar-refractivity contribution is -0.134. The first-order valence-electron chi connectivity index (χ1n) is 9.08. The Morgan fingerprint density at radius 3 is 2.69 bits per heavy atom. The number of benzene rings is 1. The van der Waals surface area contributed by atoms with Gasteiger partial charge in [-0.2, -0.15) is 0 Å². The molecule has 4 rings (SSSR count).